The second-order valence-corrected chi connectivity index (χ2v) is 9.36. The number of hydrogen-bond acceptors (Lipinski definition) is 11. The zero-order chi connectivity index (χ0) is 24.4. The van der Waals surface area contributed by atoms with E-state index in [0.717, 1.165) is 16.7 Å². The predicted octanol–water partition coefficient (Wildman–Crippen LogP) is -0.155. The summed E-state index contributed by atoms with van der Waals surface area (Å²) in [4.78, 5) is 64.3. The Bertz CT molecular complexity index is 1170. The Morgan fingerprint density at radius 1 is 1.24 bits per heavy atom. The summed E-state index contributed by atoms with van der Waals surface area (Å²) in [5.41, 5.74) is 0.587. The van der Waals surface area contributed by atoms with Crippen molar-refractivity contribution in [1.82, 2.24) is 20.4 Å². The van der Waals surface area contributed by atoms with Gasteiger partial charge in [-0.2, -0.15) is 0 Å². The van der Waals surface area contributed by atoms with E-state index in [1.165, 1.54) is 24.1 Å². The van der Waals surface area contributed by atoms with Gasteiger partial charge in [-0.25, -0.2) is 4.79 Å². The van der Waals surface area contributed by atoms with Crippen molar-refractivity contribution in [3.05, 3.63) is 28.9 Å². The normalized spacial score (nSPS) is 21.6. The number of allylic oxidation sites excluding steroid dienone is 1. The number of aromatic nitrogens is 2. The van der Waals surface area contributed by atoms with E-state index in [1.807, 2.05) is 0 Å². The molecule has 0 bridgehead atoms. The van der Waals surface area contributed by atoms with E-state index in [9.17, 15) is 29.1 Å². The smallest absolute Gasteiger partial charge is 0.352 e. The average molecular weight is 508 g/mol. The van der Waals surface area contributed by atoms with E-state index >= 15 is 0 Å². The maximum absolute atomic E-state index is 12.7. The molecule has 1 aromatic heterocycles. The van der Waals surface area contributed by atoms with Crippen molar-refractivity contribution in [2.45, 2.75) is 35.9 Å². The van der Waals surface area contributed by atoms with Gasteiger partial charge in [-0.1, -0.05) is 11.8 Å². The molecule has 0 aliphatic carbocycles. The zero-order valence-electron chi connectivity index (χ0n) is 17.3. The van der Waals surface area contributed by atoms with Gasteiger partial charge in [0.15, 0.2) is 5.78 Å². The van der Waals surface area contributed by atoms with Gasteiger partial charge in [-0.05, 0) is 5.57 Å². The molecule has 13 nitrogen and oxygen atoms in total. The number of rotatable bonds is 9. The number of aliphatic imine (C=N–C) groups is 1. The largest absolute Gasteiger partial charge is 0.481 e. The minimum Gasteiger partial charge on any atom is -0.481 e. The van der Waals surface area contributed by atoms with E-state index in [0.29, 0.717) is 11.3 Å². The van der Waals surface area contributed by atoms with E-state index in [2.05, 4.69) is 20.5 Å². The number of thioether (sulfide) groups is 2. The number of fused-ring (bicyclic) bond motifs is 1. The zero-order valence-corrected chi connectivity index (χ0v) is 18.9. The van der Waals surface area contributed by atoms with Crippen LogP contribution >= 0.6 is 23.5 Å². The summed E-state index contributed by atoms with van der Waals surface area (Å²) in [6, 6.07) is -0.889. The highest BCUT2D eigenvalue weighted by Crippen LogP contribution is 2.41. The van der Waals surface area contributed by atoms with Crippen LogP contribution in [0.4, 0.5) is 0 Å². The summed E-state index contributed by atoms with van der Waals surface area (Å²) >= 11 is 2.34. The number of carboxylic acids is 2. The van der Waals surface area contributed by atoms with Crippen molar-refractivity contribution in [2.24, 2.45) is 4.99 Å². The van der Waals surface area contributed by atoms with Gasteiger partial charge in [-0.15, -0.1) is 22.0 Å². The van der Waals surface area contributed by atoms with Crippen LogP contribution in [0.25, 0.3) is 0 Å². The van der Waals surface area contributed by atoms with E-state index < -0.39 is 41.6 Å². The predicted molar refractivity (Wildman–Crippen MR) is 117 cm³/mol. The molecule has 0 aromatic carbocycles. The number of carbonyl (C=O) groups excluding carboxylic acids is 3. The number of β-lactam (4-membered cyclic amide) rings is 1. The van der Waals surface area contributed by atoms with Crippen molar-refractivity contribution < 1.29 is 38.6 Å². The Kier molecular flexibility index (Phi) is 6.83. The minimum absolute atomic E-state index is 0.0731. The van der Waals surface area contributed by atoms with Crippen LogP contribution in [-0.4, -0.2) is 84.0 Å². The highest BCUT2D eigenvalue weighted by molar-refractivity contribution is 8.01. The molecule has 1 unspecified atom stereocenters. The third kappa shape index (κ3) is 5.04. The number of aliphatic carboxylic acids is 2. The lowest BCUT2D eigenvalue weighted by atomic mass is 10.0. The van der Waals surface area contributed by atoms with Gasteiger partial charge in [0, 0.05) is 30.2 Å². The first-order valence-electron chi connectivity index (χ1n) is 9.85. The monoisotopic (exact) mass is 507 g/mol. The number of nitrogens with one attached hydrogen (secondary N) is 1. The Morgan fingerprint density at radius 2 is 2.03 bits per heavy atom. The lowest BCUT2D eigenvalue weighted by Crippen LogP contribution is -2.70. The third-order valence-electron chi connectivity index (χ3n) is 4.91. The number of carboxylic acid groups (broad SMARTS) is 2. The molecule has 4 rings (SSSR count). The molecule has 2 amide bonds. The first kappa shape index (κ1) is 23.7. The molecule has 3 aliphatic heterocycles. The van der Waals surface area contributed by atoms with Crippen LogP contribution in [0, 0.1) is 0 Å². The Labute approximate surface area is 199 Å². The minimum atomic E-state index is -1.28. The Balaban J connectivity index is 1.40. The molecule has 0 radical (unpaired) electrons. The number of nitrogens with zero attached hydrogens (tertiary/aromatic N) is 4. The van der Waals surface area contributed by atoms with Gasteiger partial charge in [0.2, 0.25) is 11.8 Å². The molecule has 178 valence electrons. The fourth-order valence-corrected chi connectivity index (χ4v) is 5.73. The Hall–Kier alpha value is -3.46. The molecule has 34 heavy (non-hydrogen) atoms. The van der Waals surface area contributed by atoms with Gasteiger partial charge in [-0.3, -0.25) is 29.1 Å². The fourth-order valence-electron chi connectivity index (χ4n) is 3.46. The quantitative estimate of drug-likeness (QED) is 0.296. The SMILES string of the molecule is O=C(O)Cc1nnc(SCC2=C(C(=O)O)N3C(=O)C(NC(=O)CC4=CC(=O)CC=N4)[C@@H]3SC2)o1. The van der Waals surface area contributed by atoms with Gasteiger partial charge in [0.05, 0.1) is 12.1 Å². The Morgan fingerprint density at radius 3 is 2.74 bits per heavy atom. The van der Waals surface area contributed by atoms with Crippen LogP contribution in [0.5, 0.6) is 0 Å². The highest BCUT2D eigenvalue weighted by Gasteiger charge is 2.54. The molecule has 2 atom stereocenters. The molecule has 0 saturated carbocycles. The first-order chi connectivity index (χ1) is 16.2. The standard InChI is InChI=1S/C19H17N5O8S2/c25-10-1-2-20-9(3-10)4-11(26)21-14-16(29)24-15(18(30)31)8(6-33-17(14)24)7-34-19-23-22-12(32-19)5-13(27)28/h2-3,14,17H,1,4-7H2,(H,21,26)(H,27,28)(H,30,31)/t14?,17-/m0/s1. The maximum Gasteiger partial charge on any atom is 0.352 e. The van der Waals surface area contributed by atoms with Crippen LogP contribution in [0.1, 0.15) is 18.7 Å². The van der Waals surface area contributed by atoms with Crippen LogP contribution in [0.2, 0.25) is 0 Å². The van der Waals surface area contributed by atoms with E-state index in [-0.39, 0.29) is 46.9 Å². The summed E-state index contributed by atoms with van der Waals surface area (Å²) in [6.45, 7) is 0. The van der Waals surface area contributed by atoms with E-state index in [4.69, 9.17) is 9.52 Å². The molecule has 4 heterocycles. The maximum atomic E-state index is 12.7. The molecule has 1 saturated heterocycles. The topological polar surface area (TPSA) is 192 Å². The van der Waals surface area contributed by atoms with Crippen molar-refractivity contribution in [1.29, 1.82) is 0 Å². The molecule has 15 heteroatoms. The molecule has 1 fully saturated rings. The number of carbonyl (C=O) groups is 5. The molecular weight excluding hydrogens is 490 g/mol. The number of amides is 2. The lowest BCUT2D eigenvalue weighted by Gasteiger charge is -2.49. The van der Waals surface area contributed by atoms with Gasteiger partial charge in [0.25, 0.3) is 11.1 Å². The van der Waals surface area contributed by atoms with Crippen molar-refractivity contribution in [2.75, 3.05) is 11.5 Å². The summed E-state index contributed by atoms with van der Waals surface area (Å²) in [5.74, 6) is -3.26. The second kappa shape index (κ2) is 9.80. The lowest BCUT2D eigenvalue weighted by molar-refractivity contribution is -0.150. The van der Waals surface area contributed by atoms with Crippen LogP contribution in [0.15, 0.2) is 37.7 Å². The summed E-state index contributed by atoms with van der Waals surface area (Å²) in [6.07, 6.45) is 2.29. The highest BCUT2D eigenvalue weighted by atomic mass is 32.2. The van der Waals surface area contributed by atoms with Crippen LogP contribution in [0.3, 0.4) is 0 Å². The molecule has 3 aliphatic rings. The third-order valence-corrected chi connectivity index (χ3v) is 7.15. The van der Waals surface area contributed by atoms with E-state index in [1.54, 1.807) is 0 Å². The van der Waals surface area contributed by atoms with Crippen molar-refractivity contribution >= 4 is 59.3 Å². The summed E-state index contributed by atoms with van der Waals surface area (Å²) in [5, 5.41) is 27.9. The van der Waals surface area contributed by atoms with Crippen molar-refractivity contribution in [3.8, 4) is 0 Å². The van der Waals surface area contributed by atoms with Gasteiger partial charge >= 0.3 is 11.9 Å². The van der Waals surface area contributed by atoms with Crippen molar-refractivity contribution in [3.63, 3.8) is 0 Å². The molecular formula is C19H17N5O8S2. The first-order valence-corrected chi connectivity index (χ1v) is 11.9. The van der Waals surface area contributed by atoms with Crippen LogP contribution < -0.4 is 5.32 Å². The second-order valence-electron chi connectivity index (χ2n) is 7.33. The van der Waals surface area contributed by atoms with Gasteiger partial charge in [0.1, 0.15) is 23.5 Å². The summed E-state index contributed by atoms with van der Waals surface area (Å²) < 4.78 is 5.21. The molecule has 1 aromatic rings. The fraction of sp³-hybridized carbons (Fsp3) is 0.368. The van der Waals surface area contributed by atoms with Gasteiger partial charge < -0.3 is 19.9 Å². The van der Waals surface area contributed by atoms with Crippen LogP contribution in [-0.2, 0) is 30.4 Å². The summed E-state index contributed by atoms with van der Waals surface area (Å²) in [7, 11) is 0. The molecule has 0 spiro atoms. The number of hydrogen-bond donors (Lipinski definition) is 3. The average Bonchev–Trinajstić information content (AvgIpc) is 3.21. The molecule has 3 N–H and O–H groups in total. The number of ketones is 1.